The Balaban J connectivity index is 1.92. The molecule has 10 heteroatoms. The summed E-state index contributed by atoms with van der Waals surface area (Å²) in [6.45, 7) is 0.110. The van der Waals surface area contributed by atoms with E-state index in [9.17, 15) is 4.79 Å². The second-order valence-corrected chi connectivity index (χ2v) is 6.38. The topological polar surface area (TPSA) is 68.5 Å². The third kappa shape index (κ3) is 3.53. The van der Waals surface area contributed by atoms with Gasteiger partial charge in [-0.15, -0.1) is 28.0 Å². The molecular weight excluding hydrogens is 383 g/mol. The number of ether oxygens (including phenoxy) is 1. The highest BCUT2D eigenvalue weighted by atomic mass is 35.5. The molecule has 0 spiro atoms. The average molecular weight is 392 g/mol. The lowest BCUT2D eigenvalue weighted by atomic mass is 10.2. The first kappa shape index (κ1) is 16.3. The number of carbonyl (C=O) groups excluding carboxylic acids is 1. The van der Waals surface area contributed by atoms with Crippen LogP contribution >= 0.6 is 46.1 Å². The van der Waals surface area contributed by atoms with E-state index in [0.717, 1.165) is 11.3 Å². The highest BCUT2D eigenvalue weighted by Gasteiger charge is 2.15. The molecule has 0 atom stereocenters. The molecule has 0 aliphatic heterocycles. The monoisotopic (exact) mass is 390 g/mol. The molecule has 2 heterocycles. The maximum atomic E-state index is 11.5. The number of rotatable bonds is 4. The molecule has 0 saturated heterocycles. The molecule has 0 aliphatic carbocycles. The summed E-state index contributed by atoms with van der Waals surface area (Å²) in [6, 6.07) is 5.16. The molecule has 0 aliphatic rings. The number of amides is 1. The van der Waals surface area contributed by atoms with Crippen LogP contribution in [0.4, 0.5) is 10.7 Å². The maximum Gasteiger partial charge on any atom is 0.414 e. The van der Waals surface area contributed by atoms with Gasteiger partial charge in [-0.3, -0.25) is 5.32 Å². The van der Waals surface area contributed by atoms with Crippen molar-refractivity contribution in [3.8, 4) is 11.3 Å². The number of benzene rings is 1. The molecule has 2 aromatic heterocycles. The predicted octanol–water partition coefficient (Wildman–Crippen LogP) is 4.55. The minimum atomic E-state index is -0.661. The van der Waals surface area contributed by atoms with Gasteiger partial charge < -0.3 is 4.74 Å². The molecular formula is C13H9Cl3N4O2S. The Kier molecular flexibility index (Phi) is 4.91. The number of hydrogen-bond acceptors (Lipinski definition) is 5. The van der Waals surface area contributed by atoms with Crippen molar-refractivity contribution in [3.63, 3.8) is 0 Å². The molecule has 3 aromatic rings. The van der Waals surface area contributed by atoms with Crippen LogP contribution in [0.25, 0.3) is 16.2 Å². The van der Waals surface area contributed by atoms with E-state index >= 15 is 0 Å². The van der Waals surface area contributed by atoms with Gasteiger partial charge in [0.15, 0.2) is 0 Å². The number of hydrogen-bond donors (Lipinski definition) is 1. The van der Waals surface area contributed by atoms with Crippen LogP contribution in [-0.4, -0.2) is 33.2 Å². The van der Waals surface area contributed by atoms with Gasteiger partial charge in [-0.1, -0.05) is 23.2 Å². The predicted molar refractivity (Wildman–Crippen MR) is 92.0 cm³/mol. The number of fused-ring (bicyclic) bond motifs is 1. The Labute approximate surface area is 149 Å². The van der Waals surface area contributed by atoms with Gasteiger partial charge in [-0.05, 0) is 18.2 Å². The fourth-order valence-corrected chi connectivity index (χ4v) is 3.16. The van der Waals surface area contributed by atoms with Crippen LogP contribution in [0.5, 0.6) is 0 Å². The Hall–Kier alpha value is -1.54. The lowest BCUT2D eigenvalue weighted by Crippen LogP contribution is -2.15. The minimum Gasteiger partial charge on any atom is -0.448 e. The quantitative estimate of drug-likeness (QED) is 0.662. The molecule has 1 aromatic carbocycles. The second kappa shape index (κ2) is 6.92. The van der Waals surface area contributed by atoms with E-state index in [-0.39, 0.29) is 18.4 Å². The standard InChI is InChI=1S/C13H9Cl3N4O2S/c14-3-4-22-13(21)18-11-17-12-20(19-11)10(6-23-12)8-5-7(15)1-2-9(8)16/h1-2,5-6H,3-4H2,(H,18,19,21). The summed E-state index contributed by atoms with van der Waals surface area (Å²) in [5.74, 6) is 0.354. The summed E-state index contributed by atoms with van der Waals surface area (Å²) < 4.78 is 6.39. The van der Waals surface area contributed by atoms with Crippen molar-refractivity contribution in [2.45, 2.75) is 0 Å². The first-order chi connectivity index (χ1) is 11.1. The van der Waals surface area contributed by atoms with Crippen LogP contribution in [0.15, 0.2) is 23.6 Å². The van der Waals surface area contributed by atoms with Crippen LogP contribution < -0.4 is 5.32 Å². The maximum absolute atomic E-state index is 11.5. The van der Waals surface area contributed by atoms with E-state index < -0.39 is 6.09 Å². The molecule has 120 valence electrons. The van der Waals surface area contributed by atoms with Crippen LogP contribution in [-0.2, 0) is 4.74 Å². The molecule has 0 bridgehead atoms. The molecule has 1 N–H and O–H groups in total. The van der Waals surface area contributed by atoms with Gasteiger partial charge in [0.2, 0.25) is 4.96 Å². The summed E-state index contributed by atoms with van der Waals surface area (Å²) in [6.07, 6.45) is -0.661. The third-order valence-electron chi connectivity index (χ3n) is 2.81. The number of halogens is 3. The minimum absolute atomic E-state index is 0.110. The fraction of sp³-hybridized carbons (Fsp3) is 0.154. The third-order valence-corrected chi connectivity index (χ3v) is 4.35. The number of anilines is 1. The summed E-state index contributed by atoms with van der Waals surface area (Å²) in [7, 11) is 0. The fourth-order valence-electron chi connectivity index (χ4n) is 1.87. The molecule has 0 unspecified atom stereocenters. The van der Waals surface area contributed by atoms with Crippen molar-refractivity contribution in [2.24, 2.45) is 0 Å². The zero-order valence-electron chi connectivity index (χ0n) is 11.4. The van der Waals surface area contributed by atoms with Crippen LogP contribution in [0.2, 0.25) is 10.0 Å². The number of aromatic nitrogens is 3. The molecule has 23 heavy (non-hydrogen) atoms. The van der Waals surface area contributed by atoms with Gasteiger partial charge in [0.25, 0.3) is 5.95 Å². The number of thiazole rings is 1. The van der Waals surface area contributed by atoms with Gasteiger partial charge in [0.1, 0.15) is 6.61 Å². The molecule has 0 saturated carbocycles. The average Bonchev–Trinajstić information content (AvgIpc) is 3.07. The van der Waals surface area contributed by atoms with Crippen LogP contribution in [0.3, 0.4) is 0 Å². The van der Waals surface area contributed by atoms with Crippen molar-refractivity contribution in [3.05, 3.63) is 33.6 Å². The van der Waals surface area contributed by atoms with Gasteiger partial charge in [0, 0.05) is 16.0 Å². The van der Waals surface area contributed by atoms with E-state index in [0.29, 0.717) is 15.0 Å². The van der Waals surface area contributed by atoms with Crippen LogP contribution in [0, 0.1) is 0 Å². The Bertz CT molecular complexity index is 864. The Morgan fingerprint density at radius 2 is 2.22 bits per heavy atom. The van der Waals surface area contributed by atoms with Crippen molar-refractivity contribution < 1.29 is 9.53 Å². The molecule has 3 rings (SSSR count). The summed E-state index contributed by atoms with van der Waals surface area (Å²) in [5.41, 5.74) is 1.46. The molecule has 0 radical (unpaired) electrons. The lowest BCUT2D eigenvalue weighted by molar-refractivity contribution is 0.168. The number of alkyl halides is 1. The summed E-state index contributed by atoms with van der Waals surface area (Å²) >= 11 is 19.1. The lowest BCUT2D eigenvalue weighted by Gasteiger charge is -2.03. The highest BCUT2D eigenvalue weighted by molar-refractivity contribution is 7.15. The Morgan fingerprint density at radius 3 is 3.00 bits per heavy atom. The Morgan fingerprint density at radius 1 is 1.39 bits per heavy atom. The van der Waals surface area contributed by atoms with Gasteiger partial charge >= 0.3 is 6.09 Å². The molecule has 6 nitrogen and oxygen atoms in total. The van der Waals surface area contributed by atoms with Gasteiger partial charge in [-0.25, -0.2) is 9.31 Å². The van der Waals surface area contributed by atoms with E-state index in [1.165, 1.54) is 11.3 Å². The van der Waals surface area contributed by atoms with Crippen molar-refractivity contribution in [1.82, 2.24) is 14.6 Å². The SMILES string of the molecule is O=C(Nc1nc2scc(-c3cc(Cl)ccc3Cl)n2n1)OCCCl. The summed E-state index contributed by atoms with van der Waals surface area (Å²) in [4.78, 5) is 16.3. The molecule has 1 amide bonds. The van der Waals surface area contributed by atoms with Gasteiger partial charge in [0.05, 0.1) is 16.6 Å². The molecule has 0 fully saturated rings. The largest absolute Gasteiger partial charge is 0.448 e. The van der Waals surface area contributed by atoms with Crippen molar-refractivity contribution in [2.75, 3.05) is 17.8 Å². The first-order valence-electron chi connectivity index (χ1n) is 6.38. The van der Waals surface area contributed by atoms with Crippen LogP contribution in [0.1, 0.15) is 0 Å². The van der Waals surface area contributed by atoms with Gasteiger partial charge in [-0.2, -0.15) is 4.98 Å². The number of nitrogens with zero attached hydrogens (tertiary/aromatic N) is 3. The van der Waals surface area contributed by atoms with E-state index in [2.05, 4.69) is 15.4 Å². The van der Waals surface area contributed by atoms with Crippen molar-refractivity contribution in [1.29, 1.82) is 0 Å². The van der Waals surface area contributed by atoms with Crippen molar-refractivity contribution >= 4 is 63.1 Å². The number of carbonyl (C=O) groups is 1. The normalized spacial score (nSPS) is 10.9. The van der Waals surface area contributed by atoms with E-state index in [1.54, 1.807) is 22.7 Å². The number of nitrogens with one attached hydrogen (secondary N) is 1. The highest BCUT2D eigenvalue weighted by Crippen LogP contribution is 2.33. The smallest absolute Gasteiger partial charge is 0.414 e. The zero-order chi connectivity index (χ0) is 16.4. The first-order valence-corrected chi connectivity index (χ1v) is 8.55. The van der Waals surface area contributed by atoms with E-state index in [1.807, 2.05) is 5.38 Å². The van der Waals surface area contributed by atoms with E-state index in [4.69, 9.17) is 39.5 Å². The second-order valence-electron chi connectivity index (χ2n) is 4.32. The summed E-state index contributed by atoms with van der Waals surface area (Å²) in [5, 5.41) is 9.65. The zero-order valence-corrected chi connectivity index (χ0v) is 14.5.